The van der Waals surface area contributed by atoms with Crippen LogP contribution in [0.25, 0.3) is 23.0 Å². The van der Waals surface area contributed by atoms with Gasteiger partial charge in [-0.05, 0) is 42.5 Å². The number of hydrogen-bond donors (Lipinski definition) is 1. The molecule has 10 heteroatoms. The van der Waals surface area contributed by atoms with Crippen molar-refractivity contribution in [1.29, 1.82) is 0 Å². The molecule has 0 unspecified atom stereocenters. The summed E-state index contributed by atoms with van der Waals surface area (Å²) in [5, 5.41) is 6.10. The number of ether oxygens (including phenoxy) is 1. The van der Waals surface area contributed by atoms with E-state index in [1.807, 2.05) is 30.3 Å². The van der Waals surface area contributed by atoms with Crippen molar-refractivity contribution in [3.8, 4) is 16.9 Å². The molecule has 166 valence electrons. The molecule has 0 aliphatic carbocycles. The van der Waals surface area contributed by atoms with Crippen molar-refractivity contribution >= 4 is 18.0 Å². The van der Waals surface area contributed by atoms with Crippen LogP contribution in [0.4, 0.5) is 17.6 Å². The molecule has 0 spiro atoms. The molecule has 1 heterocycles. The lowest BCUT2D eigenvalue weighted by molar-refractivity contribution is -0.148. The van der Waals surface area contributed by atoms with Crippen molar-refractivity contribution in [2.24, 2.45) is 0 Å². The lowest BCUT2D eigenvalue weighted by Gasteiger charge is -2.07. The average molecular weight is 447 g/mol. The van der Waals surface area contributed by atoms with E-state index in [1.165, 1.54) is 30.3 Å². The van der Waals surface area contributed by atoms with E-state index >= 15 is 0 Å². The molecule has 0 radical (unpaired) electrons. The van der Waals surface area contributed by atoms with E-state index in [2.05, 4.69) is 9.84 Å². The summed E-state index contributed by atoms with van der Waals surface area (Å²) in [6, 6.07) is 14.8. The van der Waals surface area contributed by atoms with E-state index in [0.717, 1.165) is 11.8 Å². The van der Waals surface area contributed by atoms with Gasteiger partial charge in [0, 0.05) is 23.4 Å². The summed E-state index contributed by atoms with van der Waals surface area (Å²) in [4.78, 5) is 23.2. The Kier molecular flexibility index (Phi) is 7.04. The van der Waals surface area contributed by atoms with Gasteiger partial charge >= 0.3 is 12.1 Å². The molecule has 0 aliphatic rings. The zero-order valence-corrected chi connectivity index (χ0v) is 16.5. The van der Waals surface area contributed by atoms with Crippen LogP contribution in [0.5, 0.6) is 0 Å². The molecular weight excluding hydrogens is 430 g/mol. The third kappa shape index (κ3) is 6.53. The molecule has 0 aliphatic heterocycles. The van der Waals surface area contributed by atoms with Crippen molar-refractivity contribution in [3.05, 3.63) is 78.3 Å². The molecule has 3 aromatic rings. The number of carbonyl (C=O) groups excluding carboxylic acids is 2. The summed E-state index contributed by atoms with van der Waals surface area (Å²) in [6.45, 7) is -2.37. The zero-order valence-electron chi connectivity index (χ0n) is 16.5. The van der Waals surface area contributed by atoms with Crippen LogP contribution in [0.3, 0.4) is 0 Å². The molecule has 0 saturated carbocycles. The standard InChI is InChI=1S/C22H17F4N3O3/c23-17-9-6-15(7-10-17)21-16(12-29(28-21)18-4-2-1-3-5-18)8-11-20(31)32-13-19(30)27-14-22(24,25)26/h1-12H,13-14H2,(H,27,30)/b11-8+. The smallest absolute Gasteiger partial charge is 0.405 e. The van der Waals surface area contributed by atoms with E-state index in [1.54, 1.807) is 16.2 Å². The number of nitrogens with one attached hydrogen (secondary N) is 1. The summed E-state index contributed by atoms with van der Waals surface area (Å²) in [5.41, 5.74) is 2.31. The van der Waals surface area contributed by atoms with Gasteiger partial charge in [-0.25, -0.2) is 13.9 Å². The highest BCUT2D eigenvalue weighted by atomic mass is 19.4. The fraction of sp³-hybridized carbons (Fsp3) is 0.136. The van der Waals surface area contributed by atoms with Crippen LogP contribution < -0.4 is 5.32 Å². The zero-order chi connectivity index (χ0) is 23.1. The molecule has 0 fully saturated rings. The van der Waals surface area contributed by atoms with Crippen molar-refractivity contribution < 1.29 is 31.9 Å². The molecule has 1 aromatic heterocycles. The Bertz CT molecular complexity index is 1110. The van der Waals surface area contributed by atoms with Crippen LogP contribution in [0, 0.1) is 5.82 Å². The first-order valence-corrected chi connectivity index (χ1v) is 9.30. The Balaban J connectivity index is 1.75. The van der Waals surface area contributed by atoms with Crippen molar-refractivity contribution in [2.75, 3.05) is 13.2 Å². The van der Waals surface area contributed by atoms with Gasteiger partial charge in [0.25, 0.3) is 5.91 Å². The van der Waals surface area contributed by atoms with Crippen LogP contribution in [0.2, 0.25) is 0 Å². The van der Waals surface area contributed by atoms with Crippen LogP contribution in [-0.2, 0) is 14.3 Å². The lowest BCUT2D eigenvalue weighted by atomic mass is 10.1. The highest BCUT2D eigenvalue weighted by molar-refractivity contribution is 5.90. The quantitative estimate of drug-likeness (QED) is 0.339. The van der Waals surface area contributed by atoms with Crippen molar-refractivity contribution in [2.45, 2.75) is 6.18 Å². The van der Waals surface area contributed by atoms with Crippen molar-refractivity contribution in [1.82, 2.24) is 15.1 Å². The van der Waals surface area contributed by atoms with Crippen LogP contribution in [0.1, 0.15) is 5.56 Å². The number of aromatic nitrogens is 2. The van der Waals surface area contributed by atoms with Crippen LogP contribution >= 0.6 is 0 Å². The second kappa shape index (κ2) is 9.90. The summed E-state index contributed by atoms with van der Waals surface area (Å²) in [7, 11) is 0. The fourth-order valence-electron chi connectivity index (χ4n) is 2.65. The maximum atomic E-state index is 13.3. The second-order valence-electron chi connectivity index (χ2n) is 6.55. The third-order valence-electron chi connectivity index (χ3n) is 4.11. The number of hydrogen-bond acceptors (Lipinski definition) is 4. The van der Waals surface area contributed by atoms with Crippen molar-refractivity contribution in [3.63, 3.8) is 0 Å². The molecule has 3 rings (SSSR count). The topological polar surface area (TPSA) is 73.2 Å². The van der Waals surface area contributed by atoms with E-state index in [4.69, 9.17) is 0 Å². The number of rotatable bonds is 7. The van der Waals surface area contributed by atoms with E-state index in [0.29, 0.717) is 16.8 Å². The van der Waals surface area contributed by atoms with Crippen LogP contribution in [0.15, 0.2) is 66.9 Å². The lowest BCUT2D eigenvalue weighted by Crippen LogP contribution is -2.36. The molecule has 32 heavy (non-hydrogen) atoms. The van der Waals surface area contributed by atoms with Gasteiger partial charge in [0.1, 0.15) is 12.4 Å². The molecule has 1 amide bonds. The predicted octanol–water partition coefficient (Wildman–Crippen LogP) is 3.91. The normalized spacial score (nSPS) is 11.5. The number of esters is 1. The van der Waals surface area contributed by atoms with Crippen LogP contribution in [-0.4, -0.2) is 41.0 Å². The Morgan fingerprint density at radius 3 is 2.41 bits per heavy atom. The van der Waals surface area contributed by atoms with Gasteiger partial charge in [-0.1, -0.05) is 18.2 Å². The van der Waals surface area contributed by atoms with Gasteiger partial charge in [0.15, 0.2) is 6.61 Å². The minimum Gasteiger partial charge on any atom is -0.452 e. The van der Waals surface area contributed by atoms with Gasteiger partial charge in [0.05, 0.1) is 11.4 Å². The van der Waals surface area contributed by atoms with Gasteiger partial charge in [-0.3, -0.25) is 4.79 Å². The summed E-state index contributed by atoms with van der Waals surface area (Å²) >= 11 is 0. The molecule has 0 bridgehead atoms. The number of alkyl halides is 3. The molecule has 2 aromatic carbocycles. The van der Waals surface area contributed by atoms with E-state index in [-0.39, 0.29) is 0 Å². The number of para-hydroxylation sites is 1. The monoisotopic (exact) mass is 447 g/mol. The largest absolute Gasteiger partial charge is 0.452 e. The number of carbonyl (C=O) groups is 2. The molecule has 6 nitrogen and oxygen atoms in total. The predicted molar refractivity (Wildman–Crippen MR) is 108 cm³/mol. The molecule has 1 N–H and O–H groups in total. The second-order valence-corrected chi connectivity index (χ2v) is 6.55. The fourth-order valence-corrected chi connectivity index (χ4v) is 2.65. The highest BCUT2D eigenvalue weighted by Gasteiger charge is 2.27. The Hall–Kier alpha value is -3.95. The number of halogens is 4. The Morgan fingerprint density at radius 1 is 1.06 bits per heavy atom. The maximum absolute atomic E-state index is 13.3. The van der Waals surface area contributed by atoms with Gasteiger partial charge in [-0.15, -0.1) is 0 Å². The average Bonchev–Trinajstić information content (AvgIpc) is 3.20. The SMILES string of the molecule is O=C(COC(=O)/C=C/c1cn(-c2ccccc2)nc1-c1ccc(F)cc1)NCC(F)(F)F. The Labute approximate surface area is 180 Å². The first-order valence-electron chi connectivity index (χ1n) is 9.30. The summed E-state index contributed by atoms with van der Waals surface area (Å²) < 4.78 is 55.8. The molecule has 0 saturated heterocycles. The third-order valence-corrected chi connectivity index (χ3v) is 4.11. The van der Waals surface area contributed by atoms with E-state index in [9.17, 15) is 27.2 Å². The minimum atomic E-state index is -4.56. The Morgan fingerprint density at radius 2 is 1.75 bits per heavy atom. The van der Waals surface area contributed by atoms with E-state index < -0.39 is 37.0 Å². The maximum Gasteiger partial charge on any atom is 0.405 e. The number of benzene rings is 2. The first-order chi connectivity index (χ1) is 15.2. The minimum absolute atomic E-state index is 0.416. The summed E-state index contributed by atoms with van der Waals surface area (Å²) in [5.74, 6) is -2.42. The van der Waals surface area contributed by atoms with Gasteiger partial charge in [-0.2, -0.15) is 18.3 Å². The number of amides is 1. The number of nitrogens with zero attached hydrogens (tertiary/aromatic N) is 2. The van der Waals surface area contributed by atoms with Gasteiger partial charge in [0.2, 0.25) is 0 Å². The highest BCUT2D eigenvalue weighted by Crippen LogP contribution is 2.25. The van der Waals surface area contributed by atoms with Gasteiger partial charge < -0.3 is 10.1 Å². The first kappa shape index (κ1) is 22.7. The molecular formula is C22H17F4N3O3. The summed E-state index contributed by atoms with van der Waals surface area (Å²) in [6.07, 6.45) is -0.499. The molecule has 0 atom stereocenters.